The fourth-order valence-electron chi connectivity index (χ4n) is 3.16. The Labute approximate surface area is 127 Å². The van der Waals surface area contributed by atoms with Gasteiger partial charge in [0.15, 0.2) is 0 Å². The normalized spacial score (nSPS) is 18.0. The van der Waals surface area contributed by atoms with E-state index in [0.29, 0.717) is 11.6 Å². The molecule has 1 aliphatic carbocycles. The van der Waals surface area contributed by atoms with Crippen LogP contribution in [0.4, 0.5) is 0 Å². The lowest BCUT2D eigenvalue weighted by Gasteiger charge is -2.49. The Morgan fingerprint density at radius 2 is 1.65 bits per heavy atom. The van der Waals surface area contributed by atoms with Gasteiger partial charge in [0, 0.05) is 18.1 Å². The highest BCUT2D eigenvalue weighted by Crippen LogP contribution is 2.36. The molecular formula is C17H37N3. The van der Waals surface area contributed by atoms with Crippen molar-refractivity contribution in [3.8, 4) is 0 Å². The molecule has 0 atom stereocenters. The average molecular weight is 284 g/mol. The van der Waals surface area contributed by atoms with E-state index in [-0.39, 0.29) is 0 Å². The molecule has 20 heavy (non-hydrogen) atoms. The Balaban J connectivity index is 2.01. The molecule has 1 rings (SSSR count). The standard InChI is InChI=1S/C17H37N3/c1-16(2)18-13-8-6-7-9-14-20(5)15-17(19(3)4)11-10-12-17/h16,18H,6-15H2,1-5H3. The molecule has 0 radical (unpaired) electrons. The molecule has 3 heteroatoms. The van der Waals surface area contributed by atoms with Gasteiger partial charge in [-0.3, -0.25) is 0 Å². The summed E-state index contributed by atoms with van der Waals surface area (Å²) in [5.74, 6) is 0. The molecule has 0 unspecified atom stereocenters. The van der Waals surface area contributed by atoms with E-state index < -0.39 is 0 Å². The lowest BCUT2D eigenvalue weighted by molar-refractivity contribution is 0.0275. The molecule has 0 aromatic heterocycles. The molecule has 0 aromatic carbocycles. The Morgan fingerprint density at radius 1 is 1.00 bits per heavy atom. The highest BCUT2D eigenvalue weighted by molar-refractivity contribution is 4.97. The second-order valence-corrected chi connectivity index (χ2v) is 7.23. The number of likely N-dealkylation sites (N-methyl/N-ethyl adjacent to an activating group) is 2. The summed E-state index contributed by atoms with van der Waals surface area (Å²) in [6.07, 6.45) is 9.59. The summed E-state index contributed by atoms with van der Waals surface area (Å²) in [6, 6.07) is 0.630. The first kappa shape index (κ1) is 17.9. The van der Waals surface area contributed by atoms with Crippen molar-refractivity contribution >= 4 is 0 Å². The second-order valence-electron chi connectivity index (χ2n) is 7.23. The summed E-state index contributed by atoms with van der Waals surface area (Å²) < 4.78 is 0. The highest BCUT2D eigenvalue weighted by Gasteiger charge is 2.39. The Hall–Kier alpha value is -0.120. The molecule has 0 aromatic rings. The lowest BCUT2D eigenvalue weighted by atomic mass is 9.75. The van der Waals surface area contributed by atoms with Crippen LogP contribution in [0.1, 0.15) is 58.8 Å². The first-order chi connectivity index (χ1) is 9.46. The highest BCUT2D eigenvalue weighted by atomic mass is 15.2. The largest absolute Gasteiger partial charge is 0.315 e. The van der Waals surface area contributed by atoms with Crippen molar-refractivity contribution in [2.75, 3.05) is 40.8 Å². The van der Waals surface area contributed by atoms with Crippen LogP contribution < -0.4 is 5.32 Å². The third kappa shape index (κ3) is 6.11. The molecule has 0 saturated heterocycles. The van der Waals surface area contributed by atoms with Gasteiger partial charge in [-0.25, -0.2) is 0 Å². The quantitative estimate of drug-likeness (QED) is 0.588. The van der Waals surface area contributed by atoms with Gasteiger partial charge < -0.3 is 15.1 Å². The summed E-state index contributed by atoms with van der Waals surface area (Å²) in [5.41, 5.74) is 0.482. The van der Waals surface area contributed by atoms with Gasteiger partial charge in [0.2, 0.25) is 0 Å². The van der Waals surface area contributed by atoms with Crippen LogP contribution >= 0.6 is 0 Å². The van der Waals surface area contributed by atoms with E-state index in [2.05, 4.69) is 50.1 Å². The summed E-state index contributed by atoms with van der Waals surface area (Å²) in [7, 11) is 6.79. The van der Waals surface area contributed by atoms with Gasteiger partial charge >= 0.3 is 0 Å². The van der Waals surface area contributed by atoms with Gasteiger partial charge in [-0.1, -0.05) is 26.7 Å². The minimum atomic E-state index is 0.482. The molecule has 0 amide bonds. The molecule has 0 bridgehead atoms. The molecule has 120 valence electrons. The fourth-order valence-corrected chi connectivity index (χ4v) is 3.16. The first-order valence-electron chi connectivity index (χ1n) is 8.56. The van der Waals surface area contributed by atoms with Crippen LogP contribution in [-0.4, -0.2) is 62.2 Å². The number of rotatable bonds is 11. The van der Waals surface area contributed by atoms with Crippen LogP contribution in [0.25, 0.3) is 0 Å². The van der Waals surface area contributed by atoms with Crippen LogP contribution in [0.2, 0.25) is 0 Å². The third-order valence-electron chi connectivity index (χ3n) is 4.82. The molecular weight excluding hydrogens is 246 g/mol. The van der Waals surface area contributed by atoms with E-state index in [4.69, 9.17) is 0 Å². The zero-order chi connectivity index (χ0) is 15.0. The van der Waals surface area contributed by atoms with Gasteiger partial charge in [-0.2, -0.15) is 0 Å². The maximum absolute atomic E-state index is 3.49. The first-order valence-corrected chi connectivity index (χ1v) is 8.56. The van der Waals surface area contributed by atoms with E-state index in [0.717, 1.165) is 0 Å². The Bertz CT molecular complexity index is 247. The minimum Gasteiger partial charge on any atom is -0.315 e. The van der Waals surface area contributed by atoms with E-state index in [1.165, 1.54) is 64.6 Å². The van der Waals surface area contributed by atoms with E-state index >= 15 is 0 Å². The number of unbranched alkanes of at least 4 members (excludes halogenated alkanes) is 3. The topological polar surface area (TPSA) is 18.5 Å². The lowest BCUT2D eigenvalue weighted by Crippen LogP contribution is -2.56. The molecule has 1 N–H and O–H groups in total. The van der Waals surface area contributed by atoms with Gasteiger partial charge in [-0.05, 0) is 66.3 Å². The van der Waals surface area contributed by atoms with Crippen LogP contribution in [0, 0.1) is 0 Å². The summed E-state index contributed by atoms with van der Waals surface area (Å²) in [5, 5.41) is 3.49. The predicted molar refractivity (Wildman–Crippen MR) is 89.4 cm³/mol. The molecule has 0 spiro atoms. The van der Waals surface area contributed by atoms with Crippen LogP contribution in [0.5, 0.6) is 0 Å². The van der Waals surface area contributed by atoms with Gasteiger partial charge in [-0.15, -0.1) is 0 Å². The number of hydrogen-bond acceptors (Lipinski definition) is 3. The zero-order valence-corrected chi connectivity index (χ0v) is 14.5. The molecule has 1 aliphatic rings. The number of nitrogens with one attached hydrogen (secondary N) is 1. The van der Waals surface area contributed by atoms with Crippen LogP contribution in [0.15, 0.2) is 0 Å². The second kappa shape index (κ2) is 9.01. The van der Waals surface area contributed by atoms with Crippen molar-refractivity contribution in [2.45, 2.75) is 70.4 Å². The Morgan fingerprint density at radius 3 is 2.15 bits per heavy atom. The van der Waals surface area contributed by atoms with Crippen LogP contribution in [0.3, 0.4) is 0 Å². The summed E-state index contributed by atoms with van der Waals surface area (Å²) >= 11 is 0. The molecule has 1 saturated carbocycles. The van der Waals surface area contributed by atoms with Crippen molar-refractivity contribution in [2.24, 2.45) is 0 Å². The molecule has 0 heterocycles. The van der Waals surface area contributed by atoms with Crippen molar-refractivity contribution in [1.29, 1.82) is 0 Å². The van der Waals surface area contributed by atoms with E-state index in [9.17, 15) is 0 Å². The number of hydrogen-bond donors (Lipinski definition) is 1. The van der Waals surface area contributed by atoms with Gasteiger partial charge in [0.25, 0.3) is 0 Å². The maximum atomic E-state index is 3.49. The fraction of sp³-hybridized carbons (Fsp3) is 1.00. The van der Waals surface area contributed by atoms with Crippen molar-refractivity contribution < 1.29 is 0 Å². The maximum Gasteiger partial charge on any atom is 0.0330 e. The van der Waals surface area contributed by atoms with Gasteiger partial charge in [0.05, 0.1) is 0 Å². The third-order valence-corrected chi connectivity index (χ3v) is 4.82. The van der Waals surface area contributed by atoms with E-state index in [1.807, 2.05) is 0 Å². The molecule has 3 nitrogen and oxygen atoms in total. The van der Waals surface area contributed by atoms with Crippen molar-refractivity contribution in [1.82, 2.24) is 15.1 Å². The SMILES string of the molecule is CC(C)NCCCCCCN(C)CC1(N(C)C)CCC1. The van der Waals surface area contributed by atoms with Crippen LogP contribution in [-0.2, 0) is 0 Å². The minimum absolute atomic E-state index is 0.482. The smallest absolute Gasteiger partial charge is 0.0330 e. The van der Waals surface area contributed by atoms with E-state index in [1.54, 1.807) is 0 Å². The number of nitrogens with zero attached hydrogens (tertiary/aromatic N) is 2. The average Bonchev–Trinajstić information content (AvgIpc) is 2.31. The van der Waals surface area contributed by atoms with Crippen molar-refractivity contribution in [3.63, 3.8) is 0 Å². The monoisotopic (exact) mass is 283 g/mol. The predicted octanol–water partition coefficient (Wildman–Crippen LogP) is 2.96. The van der Waals surface area contributed by atoms with Gasteiger partial charge in [0.1, 0.15) is 0 Å². The Kier molecular flexibility index (Phi) is 8.08. The zero-order valence-electron chi connectivity index (χ0n) is 14.5. The summed E-state index contributed by atoms with van der Waals surface area (Å²) in [4.78, 5) is 5.00. The van der Waals surface area contributed by atoms with Crippen molar-refractivity contribution in [3.05, 3.63) is 0 Å². The molecule has 0 aliphatic heterocycles. The summed E-state index contributed by atoms with van der Waals surface area (Å²) in [6.45, 7) is 8.12. The molecule has 1 fully saturated rings.